The molecule has 1 N–H and O–H groups in total. The number of hydrogen-bond donors (Lipinski definition) is 1. The van der Waals surface area contributed by atoms with Gasteiger partial charge in [0.25, 0.3) is 11.8 Å². The number of halogens is 7. The van der Waals surface area contributed by atoms with Gasteiger partial charge in [-0.15, -0.1) is 0 Å². The van der Waals surface area contributed by atoms with Gasteiger partial charge in [0.05, 0.1) is 23.5 Å². The van der Waals surface area contributed by atoms with Crippen LogP contribution in [0.5, 0.6) is 11.5 Å². The lowest BCUT2D eigenvalue weighted by molar-refractivity contribution is -0.162. The molecule has 2 aromatic carbocycles. The first kappa shape index (κ1) is 33.0. The van der Waals surface area contributed by atoms with Crippen LogP contribution >= 0.6 is 11.6 Å². The zero-order valence-corrected chi connectivity index (χ0v) is 24.0. The van der Waals surface area contributed by atoms with E-state index in [0.717, 1.165) is 6.07 Å². The fourth-order valence-electron chi connectivity index (χ4n) is 4.34. The van der Waals surface area contributed by atoms with Crippen LogP contribution in [0.15, 0.2) is 65.3 Å². The number of allylic oxidation sites excluding steroid dienone is 2. The van der Waals surface area contributed by atoms with Crippen molar-refractivity contribution in [3.05, 3.63) is 82.3 Å². The number of hydrogen-bond acceptors (Lipinski definition) is 4. The Labute approximate surface area is 245 Å². The van der Waals surface area contributed by atoms with Crippen LogP contribution < -0.4 is 14.8 Å². The van der Waals surface area contributed by atoms with Crippen LogP contribution in [-0.4, -0.2) is 43.5 Å². The van der Waals surface area contributed by atoms with Crippen LogP contribution in [0.4, 0.5) is 26.3 Å². The van der Waals surface area contributed by atoms with Crippen molar-refractivity contribution in [2.75, 3.05) is 13.7 Å². The van der Waals surface area contributed by atoms with E-state index >= 15 is 0 Å². The number of carbonyl (C=O) groups excluding carboxylic acids is 1. The first-order valence-electron chi connectivity index (χ1n) is 13.1. The van der Waals surface area contributed by atoms with E-state index in [9.17, 15) is 31.1 Å². The van der Waals surface area contributed by atoms with Crippen molar-refractivity contribution in [3.63, 3.8) is 0 Å². The van der Waals surface area contributed by atoms with E-state index in [1.807, 2.05) is 6.92 Å². The third-order valence-electron chi connectivity index (χ3n) is 6.61. The second kappa shape index (κ2) is 13.7. The largest absolute Gasteiger partial charge is 0.493 e. The van der Waals surface area contributed by atoms with Crippen molar-refractivity contribution in [2.45, 2.75) is 57.7 Å². The molecule has 2 aromatic rings. The van der Waals surface area contributed by atoms with Gasteiger partial charge in [0.1, 0.15) is 17.8 Å². The average Bonchev–Trinajstić information content (AvgIpc) is 2.90. The highest BCUT2D eigenvalue weighted by molar-refractivity contribution is 6.31. The molecule has 1 unspecified atom stereocenters. The Morgan fingerprint density at radius 1 is 1.19 bits per heavy atom. The summed E-state index contributed by atoms with van der Waals surface area (Å²) in [4.78, 5) is 17.2. The Hall–Kier alpha value is -3.47. The molecule has 0 aromatic heterocycles. The highest BCUT2D eigenvalue weighted by Gasteiger charge is 2.47. The zero-order valence-electron chi connectivity index (χ0n) is 23.3. The Morgan fingerprint density at radius 2 is 1.86 bits per heavy atom. The maximum Gasteiger partial charge on any atom is 0.398 e. The molecule has 1 amide bonds. The second-order valence-corrected chi connectivity index (χ2v) is 10.2. The van der Waals surface area contributed by atoms with Gasteiger partial charge >= 0.3 is 6.18 Å². The monoisotopic (exact) mass is 616 g/mol. The van der Waals surface area contributed by atoms with E-state index in [4.69, 9.17) is 21.1 Å². The number of benzene rings is 2. The summed E-state index contributed by atoms with van der Waals surface area (Å²) >= 11 is 5.92. The van der Waals surface area contributed by atoms with Gasteiger partial charge in [0, 0.05) is 30.5 Å². The Balaban J connectivity index is 1.84. The van der Waals surface area contributed by atoms with E-state index in [-0.39, 0.29) is 33.5 Å². The molecule has 0 saturated heterocycles. The zero-order chi connectivity index (χ0) is 31.2. The number of alkyl halides is 5. The van der Waals surface area contributed by atoms with E-state index < -0.39 is 55.2 Å². The molecule has 3 rings (SSSR count). The molecule has 0 heterocycles. The van der Waals surface area contributed by atoms with Gasteiger partial charge in [-0.3, -0.25) is 9.79 Å². The second-order valence-electron chi connectivity index (χ2n) is 9.83. The number of methoxy groups -OCH3 is 1. The fraction of sp³-hybridized carbons (Fsp3) is 0.400. The van der Waals surface area contributed by atoms with E-state index in [2.05, 4.69) is 16.9 Å². The minimum atomic E-state index is -4.80. The number of nitrogens with zero attached hydrogens (tertiary/aromatic N) is 1. The standard InChI is InChI=1S/C30H31ClF6N2O3/c1-5-7-17(3)27(18-8-10-23(32)22(31)12-18)39-24(6-2)21(30(35,36)37)16-38-28(40)19-9-11-25(26(13-19)41-4)42-20-14-29(33,34)15-20/h6,8-13,20-21H,3,5,7,14-16H2,1-2,4H3,(H,38,40)/b24-6-,39-27?. The van der Waals surface area contributed by atoms with E-state index in [0.29, 0.717) is 24.0 Å². The Bertz CT molecular complexity index is 1370. The molecular weight excluding hydrogens is 586 g/mol. The first-order chi connectivity index (χ1) is 19.7. The van der Waals surface area contributed by atoms with Crippen LogP contribution in [0.1, 0.15) is 55.5 Å². The van der Waals surface area contributed by atoms with Gasteiger partial charge in [-0.2, -0.15) is 13.2 Å². The summed E-state index contributed by atoms with van der Waals surface area (Å²) in [6, 6.07) is 7.61. The lowest BCUT2D eigenvalue weighted by Crippen LogP contribution is -2.43. The molecule has 0 aliphatic heterocycles. The van der Waals surface area contributed by atoms with Gasteiger partial charge in [0.2, 0.25) is 0 Å². The van der Waals surface area contributed by atoms with Crippen LogP contribution in [0, 0.1) is 11.7 Å². The molecule has 0 bridgehead atoms. The van der Waals surface area contributed by atoms with Gasteiger partial charge in [0.15, 0.2) is 11.5 Å². The van der Waals surface area contributed by atoms with Gasteiger partial charge in [-0.05, 0) is 55.3 Å². The molecule has 0 spiro atoms. The normalized spacial score (nSPS) is 16.4. The summed E-state index contributed by atoms with van der Waals surface area (Å²) in [7, 11) is 1.29. The van der Waals surface area contributed by atoms with Crippen molar-refractivity contribution in [1.82, 2.24) is 5.32 Å². The van der Waals surface area contributed by atoms with Crippen molar-refractivity contribution < 1.29 is 40.6 Å². The molecule has 12 heteroatoms. The third kappa shape index (κ3) is 8.30. The van der Waals surface area contributed by atoms with Crippen molar-refractivity contribution in [1.29, 1.82) is 0 Å². The van der Waals surface area contributed by atoms with E-state index in [1.54, 1.807) is 0 Å². The first-order valence-corrected chi connectivity index (χ1v) is 13.5. The highest BCUT2D eigenvalue weighted by atomic mass is 35.5. The number of aliphatic imine (C=N–C) groups is 1. The topological polar surface area (TPSA) is 59.9 Å². The molecule has 1 fully saturated rings. The quantitative estimate of drug-likeness (QED) is 0.193. The summed E-state index contributed by atoms with van der Waals surface area (Å²) < 4.78 is 93.6. The summed E-state index contributed by atoms with van der Waals surface area (Å²) in [5.41, 5.74) is 0.447. The van der Waals surface area contributed by atoms with Crippen LogP contribution in [0.3, 0.4) is 0 Å². The SMILES string of the molecule is C=C(CCC)C(=N/C(=C\C)C(CNC(=O)c1ccc(OC2CC(F)(F)C2)c(OC)c1)C(F)(F)F)c1ccc(F)c(Cl)c1. The Morgan fingerprint density at radius 3 is 2.40 bits per heavy atom. The van der Waals surface area contributed by atoms with Crippen LogP contribution in [0.25, 0.3) is 0 Å². The third-order valence-corrected chi connectivity index (χ3v) is 6.90. The van der Waals surface area contributed by atoms with E-state index in [1.165, 1.54) is 50.4 Å². The summed E-state index contributed by atoms with van der Waals surface area (Å²) in [6.07, 6.45) is -4.17. The number of amides is 1. The van der Waals surface area contributed by atoms with Crippen molar-refractivity contribution in [3.8, 4) is 11.5 Å². The minimum Gasteiger partial charge on any atom is -0.493 e. The number of carbonyl (C=O) groups is 1. The maximum atomic E-state index is 14.3. The molecule has 1 aliphatic carbocycles. The molecule has 1 saturated carbocycles. The lowest BCUT2D eigenvalue weighted by atomic mass is 9.91. The summed E-state index contributed by atoms with van der Waals surface area (Å²) in [5.74, 6) is -6.31. The predicted molar refractivity (Wildman–Crippen MR) is 149 cm³/mol. The predicted octanol–water partition coefficient (Wildman–Crippen LogP) is 8.32. The number of ether oxygens (including phenoxy) is 2. The molecule has 42 heavy (non-hydrogen) atoms. The molecule has 5 nitrogen and oxygen atoms in total. The molecule has 0 radical (unpaired) electrons. The number of nitrogens with one attached hydrogen (secondary N) is 1. The fourth-order valence-corrected chi connectivity index (χ4v) is 4.52. The van der Waals surface area contributed by atoms with Crippen LogP contribution in [-0.2, 0) is 0 Å². The highest BCUT2D eigenvalue weighted by Crippen LogP contribution is 2.41. The van der Waals surface area contributed by atoms with Crippen LogP contribution in [0.2, 0.25) is 5.02 Å². The number of rotatable bonds is 12. The smallest absolute Gasteiger partial charge is 0.398 e. The van der Waals surface area contributed by atoms with Gasteiger partial charge < -0.3 is 14.8 Å². The summed E-state index contributed by atoms with van der Waals surface area (Å²) in [5, 5.41) is 2.07. The van der Waals surface area contributed by atoms with Crippen molar-refractivity contribution >= 4 is 23.2 Å². The average molecular weight is 617 g/mol. The maximum absolute atomic E-state index is 14.3. The molecule has 228 valence electrons. The summed E-state index contributed by atoms with van der Waals surface area (Å²) in [6.45, 7) is 6.36. The minimum absolute atomic E-state index is 0.0254. The van der Waals surface area contributed by atoms with Gasteiger partial charge in [-0.25, -0.2) is 13.2 Å². The van der Waals surface area contributed by atoms with Gasteiger partial charge in [-0.1, -0.05) is 37.6 Å². The molecular formula is C30H31ClF6N2O3. The molecule has 1 aliphatic rings. The van der Waals surface area contributed by atoms with Crippen molar-refractivity contribution in [2.24, 2.45) is 10.9 Å². The molecule has 1 atom stereocenters. The lowest BCUT2D eigenvalue weighted by Gasteiger charge is -2.35. The Kier molecular flexibility index (Phi) is 10.8.